The van der Waals surface area contributed by atoms with E-state index in [2.05, 4.69) is 144 Å². The number of thiophene rings is 2. The van der Waals surface area contributed by atoms with Crippen LogP contribution in [-0.2, 0) is 0 Å². The number of para-hydroxylation sites is 1. The molecule has 0 aliphatic rings. The van der Waals surface area contributed by atoms with Crippen molar-refractivity contribution in [1.29, 1.82) is 0 Å². The largest absolute Gasteiger partial charge is 0.290 e. The Labute approximate surface area is 276 Å². The summed E-state index contributed by atoms with van der Waals surface area (Å²) in [6.07, 6.45) is 0. The van der Waals surface area contributed by atoms with E-state index in [-0.39, 0.29) is 0 Å². The molecule has 4 heterocycles. The van der Waals surface area contributed by atoms with Gasteiger partial charge >= 0.3 is 0 Å². The predicted octanol–water partition coefficient (Wildman–Crippen LogP) is 12.3. The first-order chi connectivity index (χ1) is 23.3. The molecule has 47 heavy (non-hydrogen) atoms. The highest BCUT2D eigenvalue weighted by Crippen LogP contribution is 2.49. The maximum atomic E-state index is 5.65. The normalized spacial score (nSPS) is 12.3. The highest BCUT2D eigenvalue weighted by Gasteiger charge is 2.25. The van der Waals surface area contributed by atoms with Crippen molar-refractivity contribution in [3.05, 3.63) is 140 Å². The van der Waals surface area contributed by atoms with Gasteiger partial charge in [-0.2, -0.15) is 0 Å². The fourth-order valence-electron chi connectivity index (χ4n) is 7.63. The number of hydrogen-bond donors (Lipinski definition) is 0. The SMILES string of the molecule is c1ccc2c(-c3nc4sc5ccccc5c4nc3-n3c4ccccc4c4c5ccccc5c5c6ccccc6sc5c43)cccc2c1. The summed E-state index contributed by atoms with van der Waals surface area (Å²) in [7, 11) is 0. The van der Waals surface area contributed by atoms with Crippen LogP contribution >= 0.6 is 22.7 Å². The van der Waals surface area contributed by atoms with Gasteiger partial charge in [0.25, 0.3) is 0 Å². The maximum absolute atomic E-state index is 5.65. The van der Waals surface area contributed by atoms with Crippen LogP contribution in [0.5, 0.6) is 0 Å². The lowest BCUT2D eigenvalue weighted by atomic mass is 9.99. The van der Waals surface area contributed by atoms with Gasteiger partial charge in [-0.3, -0.25) is 4.57 Å². The Morgan fingerprint density at radius 1 is 0.468 bits per heavy atom. The Kier molecular flexibility index (Phi) is 5.14. The monoisotopic (exact) mass is 633 g/mol. The van der Waals surface area contributed by atoms with Crippen LogP contribution in [0, 0.1) is 0 Å². The first-order valence-electron chi connectivity index (χ1n) is 15.8. The van der Waals surface area contributed by atoms with Crippen molar-refractivity contribution in [3.63, 3.8) is 0 Å². The van der Waals surface area contributed by atoms with Crippen molar-refractivity contribution in [2.45, 2.75) is 0 Å². The van der Waals surface area contributed by atoms with Gasteiger partial charge in [0.1, 0.15) is 16.0 Å². The van der Waals surface area contributed by atoms with Crippen LogP contribution in [0.15, 0.2) is 140 Å². The van der Waals surface area contributed by atoms with Gasteiger partial charge in [-0.05, 0) is 39.7 Å². The summed E-state index contributed by atoms with van der Waals surface area (Å²) in [5, 5.41) is 11.1. The summed E-state index contributed by atoms with van der Waals surface area (Å²) in [6.45, 7) is 0. The van der Waals surface area contributed by atoms with Crippen LogP contribution in [0.2, 0.25) is 0 Å². The molecule has 7 aromatic carbocycles. The van der Waals surface area contributed by atoms with Crippen molar-refractivity contribution in [3.8, 4) is 17.1 Å². The number of aromatic nitrogens is 3. The average Bonchev–Trinajstić information content (AvgIpc) is 3.80. The molecule has 0 aliphatic carbocycles. The minimum absolute atomic E-state index is 0.859. The molecule has 11 aromatic rings. The second kappa shape index (κ2) is 9.46. The number of hydrogen-bond acceptors (Lipinski definition) is 4. The number of rotatable bonds is 2. The quantitative estimate of drug-likeness (QED) is 0.190. The number of nitrogens with zero attached hydrogens (tertiary/aromatic N) is 3. The van der Waals surface area contributed by atoms with Gasteiger partial charge in [-0.25, -0.2) is 9.97 Å². The van der Waals surface area contributed by atoms with Gasteiger partial charge in [0.15, 0.2) is 5.82 Å². The van der Waals surface area contributed by atoms with Crippen LogP contribution in [-0.4, -0.2) is 14.5 Å². The van der Waals surface area contributed by atoms with E-state index in [1.54, 1.807) is 11.3 Å². The van der Waals surface area contributed by atoms with Crippen LogP contribution in [0.3, 0.4) is 0 Å². The van der Waals surface area contributed by atoms with Gasteiger partial charge in [-0.1, -0.05) is 121 Å². The van der Waals surface area contributed by atoms with E-state index in [0.717, 1.165) is 38.3 Å². The molecule has 0 fully saturated rings. The number of benzene rings is 7. The maximum Gasteiger partial charge on any atom is 0.165 e. The lowest BCUT2D eigenvalue weighted by Gasteiger charge is -2.15. The Bertz CT molecular complexity index is 3080. The van der Waals surface area contributed by atoms with Gasteiger partial charge in [0.2, 0.25) is 0 Å². The van der Waals surface area contributed by atoms with Crippen molar-refractivity contribution in [2.24, 2.45) is 0 Å². The molecule has 0 radical (unpaired) electrons. The van der Waals surface area contributed by atoms with Crippen LogP contribution in [0.1, 0.15) is 0 Å². The zero-order valence-electron chi connectivity index (χ0n) is 24.9. The second-order valence-corrected chi connectivity index (χ2v) is 14.2. The Balaban J connectivity index is 1.42. The number of fused-ring (bicyclic) bond motifs is 14. The molecule has 218 valence electrons. The molecule has 0 saturated carbocycles. The van der Waals surface area contributed by atoms with E-state index in [1.807, 2.05) is 11.3 Å². The van der Waals surface area contributed by atoms with E-state index in [9.17, 15) is 0 Å². The Hall–Kier alpha value is -5.62. The van der Waals surface area contributed by atoms with Gasteiger partial charge < -0.3 is 0 Å². The zero-order valence-corrected chi connectivity index (χ0v) is 26.6. The van der Waals surface area contributed by atoms with E-state index >= 15 is 0 Å². The molecule has 0 N–H and O–H groups in total. The summed E-state index contributed by atoms with van der Waals surface area (Å²) >= 11 is 3.59. The third-order valence-electron chi connectivity index (χ3n) is 9.60. The molecule has 11 rings (SSSR count). The molecule has 0 unspecified atom stereocenters. The van der Waals surface area contributed by atoms with Gasteiger partial charge in [0.05, 0.1) is 15.7 Å². The highest BCUT2D eigenvalue weighted by atomic mass is 32.1. The van der Waals surface area contributed by atoms with Crippen molar-refractivity contribution in [2.75, 3.05) is 0 Å². The lowest BCUT2D eigenvalue weighted by Crippen LogP contribution is -2.03. The molecule has 5 heteroatoms. The molecule has 0 spiro atoms. The van der Waals surface area contributed by atoms with Crippen LogP contribution < -0.4 is 0 Å². The van der Waals surface area contributed by atoms with Gasteiger partial charge in [0, 0.05) is 41.9 Å². The summed E-state index contributed by atoms with van der Waals surface area (Å²) < 4.78 is 6.18. The smallest absolute Gasteiger partial charge is 0.165 e. The molecule has 0 atom stereocenters. The Morgan fingerprint density at radius 3 is 1.91 bits per heavy atom. The summed E-state index contributed by atoms with van der Waals surface area (Å²) in [5.74, 6) is 0.859. The molecule has 0 bridgehead atoms. The first-order valence-corrected chi connectivity index (χ1v) is 17.4. The fraction of sp³-hybridized carbons (Fsp3) is 0. The molecule has 0 amide bonds. The lowest BCUT2D eigenvalue weighted by molar-refractivity contribution is 1.09. The van der Waals surface area contributed by atoms with E-state index in [1.165, 1.54) is 62.7 Å². The minimum Gasteiger partial charge on any atom is -0.290 e. The summed E-state index contributed by atoms with van der Waals surface area (Å²) in [4.78, 5) is 12.1. The Morgan fingerprint density at radius 2 is 1.09 bits per heavy atom. The van der Waals surface area contributed by atoms with Crippen molar-refractivity contribution >= 4 is 107 Å². The zero-order chi connectivity index (χ0) is 30.6. The topological polar surface area (TPSA) is 30.7 Å². The van der Waals surface area contributed by atoms with E-state index in [0.29, 0.717) is 0 Å². The standard InChI is InChI=1S/C42H23N3S2/c1-2-14-25-24(12-1)13-11-20-28(25)37-41(43-38-31-19-7-10-23-34(31)47-42(38)44-37)45-32-21-8-5-17-29(32)35-26-15-3-4-16-27(26)36-30-18-6-9-22-33(30)46-40(36)39(35)45/h1-23H. The summed E-state index contributed by atoms with van der Waals surface area (Å²) in [6, 6.07) is 50.2. The fourth-order valence-corrected chi connectivity index (χ4v) is 9.91. The molecule has 0 saturated heterocycles. The third kappa shape index (κ3) is 3.45. The summed E-state index contributed by atoms with van der Waals surface area (Å²) in [5.41, 5.74) is 5.25. The van der Waals surface area contributed by atoms with E-state index < -0.39 is 0 Å². The predicted molar refractivity (Wildman–Crippen MR) is 203 cm³/mol. The van der Waals surface area contributed by atoms with Crippen LogP contribution in [0.25, 0.3) is 101 Å². The van der Waals surface area contributed by atoms with Crippen molar-refractivity contribution in [1.82, 2.24) is 14.5 Å². The van der Waals surface area contributed by atoms with E-state index in [4.69, 9.17) is 9.97 Å². The molecule has 4 aromatic heterocycles. The molecule has 3 nitrogen and oxygen atoms in total. The molecular weight excluding hydrogens is 611 g/mol. The first kappa shape index (κ1) is 25.6. The highest BCUT2D eigenvalue weighted by molar-refractivity contribution is 7.27. The second-order valence-electron chi connectivity index (χ2n) is 12.1. The van der Waals surface area contributed by atoms with Crippen molar-refractivity contribution < 1.29 is 0 Å². The molecular formula is C42H23N3S2. The molecule has 0 aliphatic heterocycles. The minimum atomic E-state index is 0.859. The van der Waals surface area contributed by atoms with Gasteiger partial charge in [-0.15, -0.1) is 22.7 Å². The average molecular weight is 634 g/mol. The third-order valence-corrected chi connectivity index (χ3v) is 11.8. The van der Waals surface area contributed by atoms with Crippen LogP contribution in [0.4, 0.5) is 0 Å².